The van der Waals surface area contributed by atoms with Crippen molar-refractivity contribution in [2.45, 2.75) is 24.8 Å². The van der Waals surface area contributed by atoms with E-state index in [0.717, 1.165) is 16.3 Å². The quantitative estimate of drug-likeness (QED) is 0.669. The van der Waals surface area contributed by atoms with Crippen molar-refractivity contribution in [1.29, 1.82) is 0 Å². The number of fused-ring (bicyclic) bond motifs is 1. The van der Waals surface area contributed by atoms with Crippen molar-refractivity contribution in [3.8, 4) is 11.3 Å². The second-order valence-corrected chi connectivity index (χ2v) is 9.29. The first-order chi connectivity index (χ1) is 13.8. The number of carbonyl (C=O) groups is 1. The highest BCUT2D eigenvalue weighted by atomic mass is 32.2. The maximum atomic E-state index is 12.6. The zero-order chi connectivity index (χ0) is 20.6. The highest BCUT2D eigenvalue weighted by Gasteiger charge is 2.31. The van der Waals surface area contributed by atoms with Crippen LogP contribution in [0, 0.1) is 6.92 Å². The number of carbonyl (C=O) groups excluding carboxylic acids is 1. The number of amides is 1. The lowest BCUT2D eigenvalue weighted by molar-refractivity contribution is -0.117. The monoisotopic (exact) mass is 426 g/mol. The highest BCUT2D eigenvalue weighted by molar-refractivity contribution is 7.90. The number of anilines is 1. The fraction of sp³-hybridized carbons (Fsp3) is 0.150. The fourth-order valence-electron chi connectivity index (χ4n) is 2.98. The van der Waals surface area contributed by atoms with Gasteiger partial charge in [0.2, 0.25) is 5.91 Å². The summed E-state index contributed by atoms with van der Waals surface area (Å²) in [5.41, 5.74) is 2.85. The molecule has 3 aromatic rings. The van der Waals surface area contributed by atoms with Crippen LogP contribution in [-0.2, 0) is 14.8 Å². The summed E-state index contributed by atoms with van der Waals surface area (Å²) in [5.74, 6) is -0.164. The molecular formula is C20H18N4O3S2. The largest absolute Gasteiger partial charge is 0.324 e. The molecule has 148 valence electrons. The summed E-state index contributed by atoms with van der Waals surface area (Å²) in [6.45, 7) is 3.56. The van der Waals surface area contributed by atoms with Crippen LogP contribution in [-0.4, -0.2) is 31.2 Å². The molecule has 1 aliphatic heterocycles. The van der Waals surface area contributed by atoms with E-state index in [1.807, 2.05) is 30.5 Å². The number of aryl methyl sites for hydroxylation is 1. The van der Waals surface area contributed by atoms with Crippen molar-refractivity contribution >= 4 is 38.8 Å². The summed E-state index contributed by atoms with van der Waals surface area (Å²) < 4.78 is 26.8. The van der Waals surface area contributed by atoms with Crippen molar-refractivity contribution in [3.05, 3.63) is 64.5 Å². The Morgan fingerprint density at radius 1 is 1.21 bits per heavy atom. The fourth-order valence-corrected chi connectivity index (χ4v) is 4.84. The SMILES string of the molecule is Cc1nc(-c2cccc(NC(=O)C(C)N=C3NS(=O)(=O)c4ccccc43)c2)cs1. The number of sulfonamides is 1. The average Bonchev–Trinajstić information content (AvgIpc) is 3.23. The molecule has 0 aliphatic carbocycles. The summed E-state index contributed by atoms with van der Waals surface area (Å²) in [5, 5.41) is 5.77. The zero-order valence-electron chi connectivity index (χ0n) is 15.7. The first-order valence-electron chi connectivity index (χ1n) is 8.87. The topological polar surface area (TPSA) is 101 Å². The minimum absolute atomic E-state index is 0.164. The van der Waals surface area contributed by atoms with Crippen molar-refractivity contribution < 1.29 is 13.2 Å². The summed E-state index contributed by atoms with van der Waals surface area (Å²) >= 11 is 1.56. The van der Waals surface area contributed by atoms with Crippen molar-refractivity contribution in [2.24, 2.45) is 4.99 Å². The molecule has 0 saturated heterocycles. The van der Waals surface area contributed by atoms with E-state index in [0.29, 0.717) is 11.3 Å². The summed E-state index contributed by atoms with van der Waals surface area (Å²) in [4.78, 5) is 21.5. The Bertz CT molecular complexity index is 1230. The number of nitrogens with one attached hydrogen (secondary N) is 2. The predicted octanol–water partition coefficient (Wildman–Crippen LogP) is 3.18. The lowest BCUT2D eigenvalue weighted by Crippen LogP contribution is -2.28. The molecule has 4 rings (SSSR count). The molecule has 2 N–H and O–H groups in total. The van der Waals surface area contributed by atoms with Crippen LogP contribution in [0.25, 0.3) is 11.3 Å². The van der Waals surface area contributed by atoms with Crippen LogP contribution < -0.4 is 10.0 Å². The molecule has 9 heteroatoms. The number of nitrogens with zero attached hydrogens (tertiary/aromatic N) is 2. The zero-order valence-corrected chi connectivity index (χ0v) is 17.3. The van der Waals surface area contributed by atoms with E-state index in [2.05, 4.69) is 20.0 Å². The van der Waals surface area contributed by atoms with Gasteiger partial charge in [-0.1, -0.05) is 24.3 Å². The van der Waals surface area contributed by atoms with Crippen LogP contribution in [0.1, 0.15) is 17.5 Å². The molecule has 0 spiro atoms. The Balaban J connectivity index is 1.53. The molecule has 2 heterocycles. The van der Waals surface area contributed by atoms with Crippen molar-refractivity contribution in [1.82, 2.24) is 9.71 Å². The Kier molecular flexibility index (Phi) is 4.93. The highest BCUT2D eigenvalue weighted by Crippen LogP contribution is 2.25. The number of hydrogen-bond acceptors (Lipinski definition) is 6. The lowest BCUT2D eigenvalue weighted by atomic mass is 10.1. The van der Waals surface area contributed by atoms with Crippen molar-refractivity contribution in [3.63, 3.8) is 0 Å². The first-order valence-corrected chi connectivity index (χ1v) is 11.2. The van der Waals surface area contributed by atoms with E-state index in [1.165, 1.54) is 6.07 Å². The number of rotatable bonds is 4. The molecule has 1 amide bonds. The van der Waals surface area contributed by atoms with Crippen LogP contribution in [0.15, 0.2) is 63.8 Å². The van der Waals surface area contributed by atoms with E-state index in [4.69, 9.17) is 0 Å². The number of amidine groups is 1. The third-order valence-electron chi connectivity index (χ3n) is 4.41. The molecule has 1 aromatic heterocycles. The molecule has 0 saturated carbocycles. The Hall–Kier alpha value is -3.04. The van der Waals surface area contributed by atoms with Gasteiger partial charge in [-0.2, -0.15) is 0 Å². The maximum Gasteiger partial charge on any atom is 0.263 e. The standard InChI is InChI=1S/C20H18N4O3S2/c1-12(21-19-16-8-3-4-9-18(16)29(26,27)24-19)20(25)23-15-7-5-6-14(10-15)17-11-28-13(2)22-17/h3-12H,1-2H3,(H,21,24)(H,23,25). The van der Waals surface area contributed by atoms with Gasteiger partial charge in [0.25, 0.3) is 10.0 Å². The maximum absolute atomic E-state index is 12.6. The lowest BCUT2D eigenvalue weighted by Gasteiger charge is -2.10. The normalized spacial score (nSPS) is 16.8. The van der Waals surface area contributed by atoms with E-state index >= 15 is 0 Å². The van der Waals surface area contributed by atoms with Crippen LogP contribution in [0.5, 0.6) is 0 Å². The summed E-state index contributed by atoms with van der Waals surface area (Å²) in [6, 6.07) is 13.2. The molecule has 0 radical (unpaired) electrons. The molecule has 1 unspecified atom stereocenters. The number of aliphatic imine (C=N–C) groups is 1. The van der Waals surface area contributed by atoms with Gasteiger partial charge in [-0.05, 0) is 38.1 Å². The van der Waals surface area contributed by atoms with Gasteiger partial charge < -0.3 is 5.32 Å². The molecule has 0 fully saturated rings. The minimum Gasteiger partial charge on any atom is -0.324 e. The second kappa shape index (κ2) is 7.41. The van der Waals surface area contributed by atoms with E-state index in [9.17, 15) is 13.2 Å². The number of thiazole rings is 1. The van der Waals surface area contributed by atoms with Crippen molar-refractivity contribution in [2.75, 3.05) is 5.32 Å². The number of aromatic nitrogens is 1. The Labute approximate surface area is 172 Å². The Morgan fingerprint density at radius 3 is 2.76 bits per heavy atom. The van der Waals surface area contributed by atoms with Crippen LogP contribution in [0.4, 0.5) is 5.69 Å². The van der Waals surface area contributed by atoms with Gasteiger partial charge in [0.15, 0.2) is 0 Å². The molecule has 29 heavy (non-hydrogen) atoms. The van der Waals surface area contributed by atoms with Gasteiger partial charge in [-0.25, -0.2) is 13.4 Å². The van der Waals surface area contributed by atoms with Gasteiger partial charge in [-0.3, -0.25) is 14.5 Å². The van der Waals surface area contributed by atoms with Gasteiger partial charge in [0.1, 0.15) is 11.9 Å². The first kappa shape index (κ1) is 19.3. The molecule has 2 aromatic carbocycles. The van der Waals surface area contributed by atoms with E-state index in [1.54, 1.807) is 42.5 Å². The van der Waals surface area contributed by atoms with E-state index in [-0.39, 0.29) is 16.6 Å². The third kappa shape index (κ3) is 3.92. The van der Waals surface area contributed by atoms with E-state index < -0.39 is 16.1 Å². The van der Waals surface area contributed by atoms with Crippen LogP contribution in [0.3, 0.4) is 0 Å². The van der Waals surface area contributed by atoms with Gasteiger partial charge >= 0.3 is 0 Å². The molecule has 1 atom stereocenters. The van der Waals surface area contributed by atoms with Gasteiger partial charge in [-0.15, -0.1) is 11.3 Å². The summed E-state index contributed by atoms with van der Waals surface area (Å²) in [7, 11) is -3.64. The van der Waals surface area contributed by atoms with Gasteiger partial charge in [0.05, 0.1) is 15.6 Å². The third-order valence-corrected chi connectivity index (χ3v) is 6.58. The molecular weight excluding hydrogens is 408 g/mol. The van der Waals surface area contributed by atoms with Gasteiger partial charge in [0, 0.05) is 22.2 Å². The predicted molar refractivity (Wildman–Crippen MR) is 114 cm³/mol. The average molecular weight is 427 g/mol. The summed E-state index contributed by atoms with van der Waals surface area (Å²) in [6.07, 6.45) is 0. The molecule has 7 nitrogen and oxygen atoms in total. The van der Waals surface area contributed by atoms with Crippen LogP contribution >= 0.6 is 11.3 Å². The minimum atomic E-state index is -3.64. The smallest absolute Gasteiger partial charge is 0.263 e. The van der Waals surface area contributed by atoms with Crippen LogP contribution in [0.2, 0.25) is 0 Å². The Morgan fingerprint density at radius 2 is 2.00 bits per heavy atom. The molecule has 1 aliphatic rings. The molecule has 0 bridgehead atoms. The second-order valence-electron chi connectivity index (χ2n) is 6.58. The number of hydrogen-bond donors (Lipinski definition) is 2. The number of benzene rings is 2.